The normalized spacial score (nSPS) is 14.9. The maximum Gasteiger partial charge on any atom is 0.261 e. The van der Waals surface area contributed by atoms with Crippen molar-refractivity contribution in [3.63, 3.8) is 0 Å². The number of hydrogen-bond acceptors (Lipinski definition) is 3. The minimum atomic E-state index is -3.83. The number of benzene rings is 2. The molecule has 2 aromatic carbocycles. The van der Waals surface area contributed by atoms with Crippen LogP contribution in [0.3, 0.4) is 0 Å². The molecule has 1 saturated heterocycles. The molecule has 1 fully saturated rings. The topological polar surface area (TPSA) is 66.5 Å². The molecule has 0 atom stereocenters. The number of rotatable bonds is 4. The van der Waals surface area contributed by atoms with E-state index in [4.69, 9.17) is 11.6 Å². The van der Waals surface area contributed by atoms with Crippen LogP contribution >= 0.6 is 11.6 Å². The second kappa shape index (κ2) is 7.90. The van der Waals surface area contributed by atoms with E-state index in [2.05, 4.69) is 4.72 Å². The molecule has 0 saturated carbocycles. The number of hydrogen-bond donors (Lipinski definition) is 1. The predicted molar refractivity (Wildman–Crippen MR) is 108 cm³/mol. The number of amides is 1. The first kappa shape index (κ1) is 19.7. The first-order chi connectivity index (χ1) is 12.8. The molecule has 1 aliphatic rings. The Hall–Kier alpha value is -2.05. The summed E-state index contributed by atoms with van der Waals surface area (Å²) in [5, 5.41) is 0.260. The van der Waals surface area contributed by atoms with Gasteiger partial charge in [0.2, 0.25) is 0 Å². The Morgan fingerprint density at radius 3 is 2.37 bits per heavy atom. The van der Waals surface area contributed by atoms with Gasteiger partial charge in [-0.25, -0.2) is 8.42 Å². The van der Waals surface area contributed by atoms with Gasteiger partial charge in [0.05, 0.1) is 15.5 Å². The number of anilines is 1. The largest absolute Gasteiger partial charge is 0.339 e. The van der Waals surface area contributed by atoms with Crippen molar-refractivity contribution in [3.8, 4) is 0 Å². The molecule has 0 bridgehead atoms. The van der Waals surface area contributed by atoms with E-state index in [0.717, 1.165) is 30.4 Å². The molecule has 1 N–H and O–H groups in total. The Morgan fingerprint density at radius 1 is 1.00 bits per heavy atom. The van der Waals surface area contributed by atoms with Crippen molar-refractivity contribution >= 4 is 33.2 Å². The number of sulfonamides is 1. The molecular weight excluding hydrogens is 384 g/mol. The smallest absolute Gasteiger partial charge is 0.261 e. The SMILES string of the molecule is Cc1ccc(NS(=O)(=O)c2ccc(Cl)c(C(=O)N3CCCCC3)c2)cc1C. The molecule has 144 valence electrons. The molecular formula is C20H23ClN2O3S. The molecule has 0 aliphatic carbocycles. The maximum atomic E-state index is 12.8. The van der Waals surface area contributed by atoms with Gasteiger partial charge in [-0.2, -0.15) is 0 Å². The van der Waals surface area contributed by atoms with Gasteiger partial charge < -0.3 is 4.90 Å². The van der Waals surface area contributed by atoms with Crippen LogP contribution in [0.15, 0.2) is 41.3 Å². The molecule has 7 heteroatoms. The van der Waals surface area contributed by atoms with Gasteiger partial charge in [-0.1, -0.05) is 17.7 Å². The van der Waals surface area contributed by atoms with Crippen LogP contribution in [0.2, 0.25) is 5.02 Å². The Balaban J connectivity index is 1.89. The van der Waals surface area contributed by atoms with E-state index < -0.39 is 10.0 Å². The average Bonchev–Trinajstić information content (AvgIpc) is 2.65. The fraction of sp³-hybridized carbons (Fsp3) is 0.350. The second-order valence-electron chi connectivity index (χ2n) is 6.90. The lowest BCUT2D eigenvalue weighted by Crippen LogP contribution is -2.35. The maximum absolute atomic E-state index is 12.8. The number of nitrogens with one attached hydrogen (secondary N) is 1. The standard InChI is InChI=1S/C20H23ClN2O3S/c1-14-6-7-16(12-15(14)2)22-27(25,26)17-8-9-19(21)18(13-17)20(24)23-10-4-3-5-11-23/h6-9,12-13,22H,3-5,10-11H2,1-2H3. The molecule has 3 rings (SSSR count). The molecule has 27 heavy (non-hydrogen) atoms. The van der Waals surface area contributed by atoms with Crippen molar-refractivity contribution in [1.29, 1.82) is 0 Å². The third-order valence-electron chi connectivity index (χ3n) is 4.88. The minimum Gasteiger partial charge on any atom is -0.339 e. The van der Waals surface area contributed by atoms with Crippen molar-refractivity contribution in [2.75, 3.05) is 17.8 Å². The van der Waals surface area contributed by atoms with Gasteiger partial charge in [0.25, 0.3) is 15.9 Å². The first-order valence-electron chi connectivity index (χ1n) is 8.97. The zero-order valence-electron chi connectivity index (χ0n) is 15.5. The Labute approximate surface area is 165 Å². The third-order valence-corrected chi connectivity index (χ3v) is 6.59. The molecule has 0 aromatic heterocycles. The van der Waals surface area contributed by atoms with Crippen LogP contribution in [-0.4, -0.2) is 32.3 Å². The quantitative estimate of drug-likeness (QED) is 0.819. The van der Waals surface area contributed by atoms with Gasteiger partial charge in [0, 0.05) is 18.8 Å². The van der Waals surface area contributed by atoms with Crippen LogP contribution in [0.1, 0.15) is 40.7 Å². The zero-order valence-corrected chi connectivity index (χ0v) is 17.0. The highest BCUT2D eigenvalue weighted by atomic mass is 35.5. The lowest BCUT2D eigenvalue weighted by atomic mass is 10.1. The summed E-state index contributed by atoms with van der Waals surface area (Å²) in [6, 6.07) is 9.60. The van der Waals surface area contributed by atoms with E-state index in [-0.39, 0.29) is 21.4 Å². The Kier molecular flexibility index (Phi) is 5.77. The van der Waals surface area contributed by atoms with Gasteiger partial charge in [0.1, 0.15) is 0 Å². The minimum absolute atomic E-state index is 0.0190. The van der Waals surface area contributed by atoms with Crippen molar-refractivity contribution in [3.05, 3.63) is 58.1 Å². The highest BCUT2D eigenvalue weighted by Crippen LogP contribution is 2.25. The summed E-state index contributed by atoms with van der Waals surface area (Å²) >= 11 is 6.20. The summed E-state index contributed by atoms with van der Waals surface area (Å²) in [5.41, 5.74) is 2.78. The Bertz CT molecular complexity index is 967. The van der Waals surface area contributed by atoms with Crippen LogP contribution in [0.4, 0.5) is 5.69 Å². The fourth-order valence-corrected chi connectivity index (χ4v) is 4.40. The summed E-state index contributed by atoms with van der Waals surface area (Å²) < 4.78 is 28.1. The average molecular weight is 407 g/mol. The third kappa shape index (κ3) is 4.45. The van der Waals surface area contributed by atoms with Gasteiger partial charge >= 0.3 is 0 Å². The number of carbonyl (C=O) groups excluding carboxylic acids is 1. The van der Waals surface area contributed by atoms with Crippen LogP contribution in [-0.2, 0) is 10.0 Å². The van der Waals surface area contributed by atoms with E-state index in [1.807, 2.05) is 19.9 Å². The van der Waals surface area contributed by atoms with Gasteiger partial charge in [-0.3, -0.25) is 9.52 Å². The molecule has 1 amide bonds. The lowest BCUT2D eigenvalue weighted by Gasteiger charge is -2.27. The van der Waals surface area contributed by atoms with E-state index in [1.54, 1.807) is 17.0 Å². The molecule has 5 nitrogen and oxygen atoms in total. The zero-order chi connectivity index (χ0) is 19.6. The van der Waals surface area contributed by atoms with Crippen molar-refractivity contribution < 1.29 is 13.2 Å². The van der Waals surface area contributed by atoms with Gasteiger partial charge in [0.15, 0.2) is 0 Å². The lowest BCUT2D eigenvalue weighted by molar-refractivity contribution is 0.0724. The number of likely N-dealkylation sites (tertiary alicyclic amines) is 1. The number of aryl methyl sites for hydroxylation is 2. The molecule has 0 spiro atoms. The van der Waals surface area contributed by atoms with Gasteiger partial charge in [-0.05, 0) is 74.6 Å². The molecule has 2 aromatic rings. The second-order valence-corrected chi connectivity index (χ2v) is 8.99. The van der Waals surface area contributed by atoms with E-state index >= 15 is 0 Å². The van der Waals surface area contributed by atoms with Crippen molar-refractivity contribution in [2.45, 2.75) is 38.0 Å². The molecule has 0 unspecified atom stereocenters. The molecule has 0 radical (unpaired) electrons. The number of piperidine rings is 1. The summed E-state index contributed by atoms with van der Waals surface area (Å²) in [7, 11) is -3.83. The number of carbonyl (C=O) groups is 1. The van der Waals surface area contributed by atoms with Crippen LogP contribution in [0, 0.1) is 13.8 Å². The van der Waals surface area contributed by atoms with Crippen molar-refractivity contribution in [1.82, 2.24) is 4.90 Å². The fourth-order valence-electron chi connectivity index (χ4n) is 3.12. The summed E-state index contributed by atoms with van der Waals surface area (Å²) in [6.07, 6.45) is 3.01. The monoisotopic (exact) mass is 406 g/mol. The summed E-state index contributed by atoms with van der Waals surface area (Å²) in [4.78, 5) is 14.5. The van der Waals surface area contributed by atoms with E-state index in [9.17, 15) is 13.2 Å². The molecule has 1 aliphatic heterocycles. The Morgan fingerprint density at radius 2 is 1.70 bits per heavy atom. The number of nitrogens with zero attached hydrogens (tertiary/aromatic N) is 1. The number of halogens is 1. The van der Waals surface area contributed by atoms with Crippen LogP contribution < -0.4 is 4.72 Å². The van der Waals surface area contributed by atoms with Crippen LogP contribution in [0.25, 0.3) is 0 Å². The summed E-state index contributed by atoms with van der Waals surface area (Å²) in [6.45, 7) is 5.23. The van der Waals surface area contributed by atoms with Crippen LogP contribution in [0.5, 0.6) is 0 Å². The molecule has 1 heterocycles. The van der Waals surface area contributed by atoms with Gasteiger partial charge in [-0.15, -0.1) is 0 Å². The highest BCUT2D eigenvalue weighted by Gasteiger charge is 2.23. The first-order valence-corrected chi connectivity index (χ1v) is 10.8. The van der Waals surface area contributed by atoms with E-state index in [1.165, 1.54) is 18.2 Å². The highest BCUT2D eigenvalue weighted by molar-refractivity contribution is 7.92. The predicted octanol–water partition coefficient (Wildman–Crippen LogP) is 4.38. The summed E-state index contributed by atoms with van der Waals surface area (Å²) in [5.74, 6) is -0.220. The van der Waals surface area contributed by atoms with Crippen molar-refractivity contribution in [2.24, 2.45) is 0 Å². The van der Waals surface area contributed by atoms with E-state index in [0.29, 0.717) is 18.8 Å².